The van der Waals surface area contributed by atoms with Gasteiger partial charge >= 0.3 is 12.1 Å². The van der Waals surface area contributed by atoms with Crippen LogP contribution in [0.3, 0.4) is 0 Å². The van der Waals surface area contributed by atoms with Gasteiger partial charge in [-0.3, -0.25) is 9.59 Å². The second-order valence-electron chi connectivity index (χ2n) is 9.28. The van der Waals surface area contributed by atoms with Crippen LogP contribution in [0.2, 0.25) is 0 Å². The molecule has 2 aromatic rings. The Kier molecular flexibility index (Phi) is 5.79. The summed E-state index contributed by atoms with van der Waals surface area (Å²) < 4.78 is 5.60. The average Bonchev–Trinajstić information content (AvgIpc) is 3.46. The minimum absolute atomic E-state index is 0.0498. The van der Waals surface area contributed by atoms with Crippen LogP contribution in [0.5, 0.6) is 0 Å². The summed E-state index contributed by atoms with van der Waals surface area (Å²) in [5.74, 6) is -1.75. The third kappa shape index (κ3) is 4.32. The number of carboxylic acids is 1. The topological polar surface area (TPSA) is 105 Å². The van der Waals surface area contributed by atoms with Crippen LogP contribution in [0.4, 0.5) is 4.79 Å². The van der Waals surface area contributed by atoms with Gasteiger partial charge in [-0.1, -0.05) is 55.0 Å². The lowest BCUT2D eigenvalue weighted by atomic mass is 9.98. The molecule has 7 nitrogen and oxygen atoms in total. The van der Waals surface area contributed by atoms with Crippen LogP contribution in [0.25, 0.3) is 11.1 Å². The van der Waals surface area contributed by atoms with Gasteiger partial charge in [0.25, 0.3) is 0 Å². The van der Waals surface area contributed by atoms with Gasteiger partial charge in [-0.25, -0.2) is 4.79 Å². The maximum absolute atomic E-state index is 12.9. The molecule has 2 fully saturated rings. The molecular weight excluding hydrogens is 420 g/mol. The van der Waals surface area contributed by atoms with Gasteiger partial charge in [0.1, 0.15) is 12.6 Å². The highest BCUT2D eigenvalue weighted by Crippen LogP contribution is 2.44. The molecule has 3 N–H and O–H groups in total. The lowest BCUT2D eigenvalue weighted by Gasteiger charge is -2.23. The van der Waals surface area contributed by atoms with E-state index < -0.39 is 24.0 Å². The highest BCUT2D eigenvalue weighted by molar-refractivity contribution is 5.87. The zero-order valence-corrected chi connectivity index (χ0v) is 18.3. The van der Waals surface area contributed by atoms with Crippen molar-refractivity contribution in [3.8, 4) is 11.1 Å². The number of amides is 2. The maximum atomic E-state index is 12.9. The fourth-order valence-electron chi connectivity index (χ4n) is 5.29. The van der Waals surface area contributed by atoms with Crippen molar-refractivity contribution in [1.29, 1.82) is 0 Å². The SMILES string of the molecule is O=C(NC(C(=O)N[C@@H]1CCC[C@@H]1C(=O)O)C1CC1)OCC1c2ccccc2-c2ccccc21. The summed E-state index contributed by atoms with van der Waals surface area (Å²) in [6.45, 7) is 0.183. The van der Waals surface area contributed by atoms with Gasteiger partial charge in [0.15, 0.2) is 0 Å². The molecule has 3 aliphatic carbocycles. The lowest BCUT2D eigenvalue weighted by Crippen LogP contribution is -2.52. The summed E-state index contributed by atoms with van der Waals surface area (Å²) in [7, 11) is 0. The summed E-state index contributed by atoms with van der Waals surface area (Å²) in [5, 5.41) is 15.0. The number of nitrogens with one attached hydrogen (secondary N) is 2. The normalized spacial score (nSPS) is 22.2. The molecule has 0 aromatic heterocycles. The Morgan fingerprint density at radius 1 is 0.939 bits per heavy atom. The van der Waals surface area contributed by atoms with E-state index >= 15 is 0 Å². The van der Waals surface area contributed by atoms with Crippen LogP contribution >= 0.6 is 0 Å². The van der Waals surface area contributed by atoms with Crippen molar-refractivity contribution in [3.63, 3.8) is 0 Å². The average molecular weight is 449 g/mol. The number of ether oxygens (including phenoxy) is 1. The second-order valence-corrected chi connectivity index (χ2v) is 9.28. The summed E-state index contributed by atoms with van der Waals surface area (Å²) in [6, 6.07) is 15.2. The van der Waals surface area contributed by atoms with E-state index in [2.05, 4.69) is 34.9 Å². The molecule has 33 heavy (non-hydrogen) atoms. The molecule has 2 aromatic carbocycles. The van der Waals surface area contributed by atoms with Crippen molar-refractivity contribution >= 4 is 18.0 Å². The van der Waals surface area contributed by atoms with E-state index in [0.29, 0.717) is 12.8 Å². The van der Waals surface area contributed by atoms with E-state index in [0.717, 1.165) is 41.5 Å². The molecule has 0 aliphatic heterocycles. The molecule has 0 heterocycles. The summed E-state index contributed by atoms with van der Waals surface area (Å²) >= 11 is 0. The Morgan fingerprint density at radius 2 is 1.58 bits per heavy atom. The van der Waals surface area contributed by atoms with E-state index in [-0.39, 0.29) is 30.4 Å². The number of fused-ring (bicyclic) bond motifs is 3. The third-order valence-electron chi connectivity index (χ3n) is 7.15. The zero-order valence-electron chi connectivity index (χ0n) is 18.3. The zero-order chi connectivity index (χ0) is 22.9. The molecular formula is C26H28N2O5. The van der Waals surface area contributed by atoms with Crippen molar-refractivity contribution in [1.82, 2.24) is 10.6 Å². The van der Waals surface area contributed by atoms with Crippen molar-refractivity contribution in [2.75, 3.05) is 6.61 Å². The highest BCUT2D eigenvalue weighted by atomic mass is 16.5. The monoisotopic (exact) mass is 448 g/mol. The van der Waals surface area contributed by atoms with Gasteiger partial charge in [-0.2, -0.15) is 0 Å². The largest absolute Gasteiger partial charge is 0.481 e. The standard InChI is InChI=1S/C26H28N2O5/c29-24(27-22-11-5-10-20(22)25(30)31)23(15-12-13-15)28-26(32)33-14-21-18-8-3-1-6-16(18)17-7-2-4-9-19(17)21/h1-4,6-9,15,20-23H,5,10-14H2,(H,27,29)(H,28,32)(H,30,31)/t20-,22+,23?/m0/s1. The Bertz CT molecular complexity index is 1030. The van der Waals surface area contributed by atoms with Gasteiger partial charge in [-0.15, -0.1) is 0 Å². The number of benzene rings is 2. The van der Waals surface area contributed by atoms with Crippen molar-refractivity contribution < 1.29 is 24.2 Å². The molecule has 0 radical (unpaired) electrons. The first kappa shape index (κ1) is 21.5. The van der Waals surface area contributed by atoms with Crippen LogP contribution in [-0.2, 0) is 14.3 Å². The van der Waals surface area contributed by atoms with Gasteiger partial charge in [-0.05, 0) is 53.9 Å². The summed E-state index contributed by atoms with van der Waals surface area (Å²) in [6.07, 6.45) is 3.07. The number of carbonyl (C=O) groups is 3. The third-order valence-corrected chi connectivity index (χ3v) is 7.15. The molecule has 2 saturated carbocycles. The Balaban J connectivity index is 1.22. The molecule has 172 valence electrons. The number of aliphatic carboxylic acids is 1. The smallest absolute Gasteiger partial charge is 0.407 e. The lowest BCUT2D eigenvalue weighted by molar-refractivity contribution is -0.142. The van der Waals surface area contributed by atoms with Crippen LogP contribution in [0.1, 0.15) is 49.1 Å². The first-order valence-electron chi connectivity index (χ1n) is 11.7. The number of rotatable bonds is 7. The van der Waals surface area contributed by atoms with Crippen LogP contribution < -0.4 is 10.6 Å². The van der Waals surface area contributed by atoms with Crippen molar-refractivity contribution in [2.45, 2.75) is 50.1 Å². The number of carbonyl (C=O) groups excluding carboxylic acids is 2. The first-order chi connectivity index (χ1) is 16.0. The Morgan fingerprint density at radius 3 is 2.18 bits per heavy atom. The molecule has 3 aliphatic rings. The second kappa shape index (κ2) is 8.89. The van der Waals surface area contributed by atoms with Gasteiger partial charge in [0.2, 0.25) is 5.91 Å². The van der Waals surface area contributed by atoms with Crippen LogP contribution in [0.15, 0.2) is 48.5 Å². The van der Waals surface area contributed by atoms with E-state index in [4.69, 9.17) is 4.74 Å². The highest BCUT2D eigenvalue weighted by Gasteiger charge is 2.41. The molecule has 0 bridgehead atoms. The predicted molar refractivity (Wildman–Crippen MR) is 122 cm³/mol. The molecule has 1 unspecified atom stereocenters. The number of alkyl carbamates (subject to hydrolysis) is 1. The Hall–Kier alpha value is -3.35. The minimum atomic E-state index is -0.884. The molecule has 0 saturated heterocycles. The molecule has 5 rings (SSSR count). The number of carboxylic acid groups (broad SMARTS) is 1. The molecule has 2 amide bonds. The van der Waals surface area contributed by atoms with Crippen molar-refractivity contribution in [2.24, 2.45) is 11.8 Å². The van der Waals surface area contributed by atoms with Gasteiger partial charge < -0.3 is 20.5 Å². The van der Waals surface area contributed by atoms with Gasteiger partial charge in [0, 0.05) is 12.0 Å². The van der Waals surface area contributed by atoms with Gasteiger partial charge in [0.05, 0.1) is 5.92 Å². The maximum Gasteiger partial charge on any atom is 0.407 e. The summed E-state index contributed by atoms with van der Waals surface area (Å²) in [4.78, 5) is 37.0. The first-order valence-corrected chi connectivity index (χ1v) is 11.7. The number of hydrogen-bond acceptors (Lipinski definition) is 4. The fraction of sp³-hybridized carbons (Fsp3) is 0.423. The van der Waals surface area contributed by atoms with E-state index in [1.165, 1.54) is 0 Å². The Labute approximate surface area is 192 Å². The van der Waals surface area contributed by atoms with Crippen LogP contribution in [-0.4, -0.2) is 41.8 Å². The molecule has 3 atom stereocenters. The van der Waals surface area contributed by atoms with E-state index in [1.54, 1.807) is 0 Å². The fourth-order valence-corrected chi connectivity index (χ4v) is 5.29. The van der Waals surface area contributed by atoms with Crippen molar-refractivity contribution in [3.05, 3.63) is 59.7 Å². The summed E-state index contributed by atoms with van der Waals surface area (Å²) in [5.41, 5.74) is 4.57. The number of hydrogen-bond donors (Lipinski definition) is 3. The molecule has 7 heteroatoms. The predicted octanol–water partition coefficient (Wildman–Crippen LogP) is 3.67. The van der Waals surface area contributed by atoms with Crippen LogP contribution in [0, 0.1) is 11.8 Å². The molecule has 0 spiro atoms. The quantitative estimate of drug-likeness (QED) is 0.599. The van der Waals surface area contributed by atoms with E-state index in [1.807, 2.05) is 24.3 Å². The minimum Gasteiger partial charge on any atom is -0.481 e. The van der Waals surface area contributed by atoms with E-state index in [9.17, 15) is 19.5 Å².